The van der Waals surface area contributed by atoms with Crippen LogP contribution in [0.5, 0.6) is 0 Å². The Labute approximate surface area is 129 Å². The molecule has 1 heterocycles. The minimum atomic E-state index is -0.730. The first-order valence-corrected chi connectivity index (χ1v) is 8.34. The van der Waals surface area contributed by atoms with Crippen LogP contribution in [-0.4, -0.2) is 28.5 Å². The smallest absolute Gasteiger partial charge is 0.303 e. The summed E-state index contributed by atoms with van der Waals surface area (Å²) in [5.74, 6) is -0.488. The fraction of sp³-hybridized carbons (Fsp3) is 0.667. The molecule has 0 fully saturated rings. The molecule has 0 bridgehead atoms. The SMILES string of the molecule is CC(C)c1nc(C(=O)NCCCCCCCC(=O)O)cs1. The van der Waals surface area contributed by atoms with Crippen LogP contribution < -0.4 is 5.32 Å². The molecule has 1 aromatic rings. The zero-order chi connectivity index (χ0) is 15.7. The van der Waals surface area contributed by atoms with Crippen molar-refractivity contribution in [3.63, 3.8) is 0 Å². The Bertz CT molecular complexity index is 458. The predicted octanol–water partition coefficient (Wildman–Crippen LogP) is 3.42. The van der Waals surface area contributed by atoms with Gasteiger partial charge in [-0.3, -0.25) is 9.59 Å². The number of carbonyl (C=O) groups is 2. The van der Waals surface area contributed by atoms with E-state index in [1.807, 2.05) is 0 Å². The Hall–Kier alpha value is -1.43. The minimum absolute atomic E-state index is 0.107. The molecule has 1 amide bonds. The Kier molecular flexibility index (Phi) is 7.97. The Morgan fingerprint density at radius 1 is 1.24 bits per heavy atom. The lowest BCUT2D eigenvalue weighted by Crippen LogP contribution is -2.24. The maximum absolute atomic E-state index is 11.9. The lowest BCUT2D eigenvalue weighted by molar-refractivity contribution is -0.137. The summed E-state index contributed by atoms with van der Waals surface area (Å²) in [6, 6.07) is 0. The van der Waals surface area contributed by atoms with Gasteiger partial charge in [-0.15, -0.1) is 11.3 Å². The van der Waals surface area contributed by atoms with Crippen molar-refractivity contribution in [1.82, 2.24) is 10.3 Å². The van der Waals surface area contributed by atoms with Gasteiger partial charge in [-0.25, -0.2) is 4.98 Å². The van der Waals surface area contributed by atoms with E-state index < -0.39 is 5.97 Å². The van der Waals surface area contributed by atoms with Crippen LogP contribution in [0.15, 0.2) is 5.38 Å². The highest BCUT2D eigenvalue weighted by atomic mass is 32.1. The van der Waals surface area contributed by atoms with Gasteiger partial charge < -0.3 is 10.4 Å². The number of hydrogen-bond donors (Lipinski definition) is 2. The molecule has 21 heavy (non-hydrogen) atoms. The number of aromatic nitrogens is 1. The lowest BCUT2D eigenvalue weighted by atomic mass is 10.1. The van der Waals surface area contributed by atoms with Crippen molar-refractivity contribution >= 4 is 23.2 Å². The second kappa shape index (κ2) is 9.50. The third-order valence-electron chi connectivity index (χ3n) is 3.10. The molecule has 1 rings (SSSR count). The number of nitrogens with one attached hydrogen (secondary N) is 1. The fourth-order valence-electron chi connectivity index (χ4n) is 1.88. The third-order valence-corrected chi connectivity index (χ3v) is 4.25. The minimum Gasteiger partial charge on any atom is -0.481 e. The van der Waals surface area contributed by atoms with Gasteiger partial charge in [0.15, 0.2) is 0 Å². The largest absolute Gasteiger partial charge is 0.481 e. The molecule has 1 aromatic heterocycles. The molecule has 0 aliphatic heterocycles. The monoisotopic (exact) mass is 312 g/mol. The number of thiazole rings is 1. The van der Waals surface area contributed by atoms with E-state index in [2.05, 4.69) is 24.1 Å². The molecular weight excluding hydrogens is 288 g/mol. The number of amides is 1. The zero-order valence-corrected chi connectivity index (χ0v) is 13.5. The van der Waals surface area contributed by atoms with Crippen molar-refractivity contribution in [3.05, 3.63) is 16.1 Å². The van der Waals surface area contributed by atoms with Crippen LogP contribution in [0.4, 0.5) is 0 Å². The number of unbranched alkanes of at least 4 members (excludes halogenated alkanes) is 4. The summed E-state index contributed by atoms with van der Waals surface area (Å²) in [5, 5.41) is 14.2. The highest BCUT2D eigenvalue weighted by Gasteiger charge is 2.11. The molecule has 0 saturated heterocycles. The van der Waals surface area contributed by atoms with Crippen LogP contribution in [0, 0.1) is 0 Å². The van der Waals surface area contributed by atoms with Gasteiger partial charge in [0, 0.05) is 24.3 Å². The van der Waals surface area contributed by atoms with Crippen molar-refractivity contribution in [2.75, 3.05) is 6.54 Å². The highest BCUT2D eigenvalue weighted by Crippen LogP contribution is 2.18. The van der Waals surface area contributed by atoms with Gasteiger partial charge in [0.25, 0.3) is 5.91 Å². The molecule has 0 spiro atoms. The average Bonchev–Trinajstić information content (AvgIpc) is 2.91. The van der Waals surface area contributed by atoms with Gasteiger partial charge in [-0.05, 0) is 12.8 Å². The van der Waals surface area contributed by atoms with Gasteiger partial charge in [0.1, 0.15) is 5.69 Å². The Balaban J connectivity index is 2.09. The van der Waals surface area contributed by atoms with Crippen molar-refractivity contribution in [2.24, 2.45) is 0 Å². The van der Waals surface area contributed by atoms with E-state index in [0.717, 1.165) is 37.1 Å². The first-order valence-electron chi connectivity index (χ1n) is 7.46. The summed E-state index contributed by atoms with van der Waals surface area (Å²) >= 11 is 1.52. The van der Waals surface area contributed by atoms with Gasteiger partial charge in [-0.1, -0.05) is 33.1 Å². The Morgan fingerprint density at radius 2 is 1.90 bits per heavy atom. The van der Waals surface area contributed by atoms with Gasteiger partial charge in [-0.2, -0.15) is 0 Å². The van der Waals surface area contributed by atoms with Gasteiger partial charge >= 0.3 is 5.97 Å². The molecule has 0 aliphatic rings. The van der Waals surface area contributed by atoms with Crippen LogP contribution >= 0.6 is 11.3 Å². The van der Waals surface area contributed by atoms with Crippen LogP contribution in [0.3, 0.4) is 0 Å². The van der Waals surface area contributed by atoms with E-state index in [0.29, 0.717) is 18.2 Å². The summed E-state index contributed by atoms with van der Waals surface area (Å²) in [7, 11) is 0. The van der Waals surface area contributed by atoms with Crippen molar-refractivity contribution in [2.45, 2.75) is 58.3 Å². The topological polar surface area (TPSA) is 79.3 Å². The molecule has 0 unspecified atom stereocenters. The van der Waals surface area contributed by atoms with E-state index in [9.17, 15) is 9.59 Å². The molecule has 6 heteroatoms. The molecular formula is C15H24N2O3S. The number of aliphatic carboxylic acids is 1. The van der Waals surface area contributed by atoms with Crippen molar-refractivity contribution < 1.29 is 14.7 Å². The maximum Gasteiger partial charge on any atom is 0.303 e. The third kappa shape index (κ3) is 7.22. The van der Waals surface area contributed by atoms with E-state index in [1.165, 1.54) is 11.3 Å². The molecule has 5 nitrogen and oxygen atoms in total. The van der Waals surface area contributed by atoms with Crippen molar-refractivity contribution in [1.29, 1.82) is 0 Å². The number of carboxylic acid groups (broad SMARTS) is 1. The first-order chi connectivity index (χ1) is 10.0. The summed E-state index contributed by atoms with van der Waals surface area (Å²) in [6.07, 6.45) is 4.85. The molecule has 0 atom stereocenters. The summed E-state index contributed by atoms with van der Waals surface area (Å²) in [6.45, 7) is 4.77. The maximum atomic E-state index is 11.9. The number of hydrogen-bond acceptors (Lipinski definition) is 4. The molecule has 2 N–H and O–H groups in total. The number of rotatable bonds is 10. The average molecular weight is 312 g/mol. The van der Waals surface area contributed by atoms with E-state index >= 15 is 0 Å². The molecule has 0 radical (unpaired) electrons. The van der Waals surface area contributed by atoms with E-state index in [-0.39, 0.29) is 12.3 Å². The van der Waals surface area contributed by atoms with Crippen LogP contribution in [0.2, 0.25) is 0 Å². The quantitative estimate of drug-likeness (QED) is 0.649. The summed E-state index contributed by atoms with van der Waals surface area (Å²) < 4.78 is 0. The molecule has 0 aromatic carbocycles. The number of carbonyl (C=O) groups excluding carboxylic acids is 1. The Morgan fingerprint density at radius 3 is 2.52 bits per heavy atom. The normalized spacial score (nSPS) is 10.8. The van der Waals surface area contributed by atoms with Crippen LogP contribution in [0.1, 0.15) is 73.8 Å². The second-order valence-corrected chi connectivity index (χ2v) is 6.28. The van der Waals surface area contributed by atoms with E-state index in [1.54, 1.807) is 5.38 Å². The van der Waals surface area contributed by atoms with Crippen LogP contribution in [-0.2, 0) is 4.79 Å². The number of nitrogens with zero attached hydrogens (tertiary/aromatic N) is 1. The van der Waals surface area contributed by atoms with Gasteiger partial charge in [0.2, 0.25) is 0 Å². The van der Waals surface area contributed by atoms with Gasteiger partial charge in [0.05, 0.1) is 5.01 Å². The summed E-state index contributed by atoms with van der Waals surface area (Å²) in [4.78, 5) is 26.5. The van der Waals surface area contributed by atoms with Crippen LogP contribution in [0.25, 0.3) is 0 Å². The summed E-state index contributed by atoms with van der Waals surface area (Å²) in [5.41, 5.74) is 0.505. The standard InChI is InChI=1S/C15H24N2O3S/c1-11(2)15-17-12(10-21-15)14(20)16-9-7-5-3-4-6-8-13(18)19/h10-11H,3-9H2,1-2H3,(H,16,20)(H,18,19). The molecule has 0 aliphatic carbocycles. The number of carboxylic acids is 1. The van der Waals surface area contributed by atoms with Crippen molar-refractivity contribution in [3.8, 4) is 0 Å². The molecule has 0 saturated carbocycles. The molecule has 118 valence electrons. The predicted molar refractivity (Wildman–Crippen MR) is 83.9 cm³/mol. The lowest BCUT2D eigenvalue weighted by Gasteiger charge is -2.03. The fourth-order valence-corrected chi connectivity index (χ4v) is 2.70. The first kappa shape index (κ1) is 17.6. The van der Waals surface area contributed by atoms with E-state index in [4.69, 9.17) is 5.11 Å². The second-order valence-electron chi connectivity index (χ2n) is 5.39. The highest BCUT2D eigenvalue weighted by molar-refractivity contribution is 7.09. The zero-order valence-electron chi connectivity index (χ0n) is 12.7.